The van der Waals surface area contributed by atoms with Crippen molar-refractivity contribution in [1.29, 1.82) is 0 Å². The number of fused-ring (bicyclic) bond motifs is 1. The van der Waals surface area contributed by atoms with Crippen LogP contribution in [-0.4, -0.2) is 37.9 Å². The minimum atomic E-state index is 0.521. The van der Waals surface area contributed by atoms with Crippen LogP contribution >= 0.6 is 0 Å². The van der Waals surface area contributed by atoms with Crippen LogP contribution in [-0.2, 0) is 0 Å². The number of nitrogens with zero attached hydrogens (tertiary/aromatic N) is 2. The zero-order valence-corrected chi connectivity index (χ0v) is 18.5. The summed E-state index contributed by atoms with van der Waals surface area (Å²) in [4.78, 5) is 9.60. The monoisotopic (exact) mass is 431 g/mol. The largest absolute Gasteiger partial charge is 0.494 e. The van der Waals surface area contributed by atoms with Gasteiger partial charge >= 0.3 is 0 Å². The van der Waals surface area contributed by atoms with E-state index in [0.717, 1.165) is 27.9 Å². The number of ether oxygens (including phenoxy) is 4. The molecule has 1 N–H and O–H groups in total. The smallest absolute Gasteiger partial charge is 0.203 e. The van der Waals surface area contributed by atoms with E-state index < -0.39 is 0 Å². The maximum absolute atomic E-state index is 5.53. The minimum absolute atomic E-state index is 0.521. The summed E-state index contributed by atoms with van der Waals surface area (Å²) in [6.07, 6.45) is 0. The first-order valence-corrected chi connectivity index (χ1v) is 10.2. The quantitative estimate of drug-likeness (QED) is 0.397. The van der Waals surface area contributed by atoms with Crippen LogP contribution in [0.3, 0.4) is 0 Å². The topological polar surface area (TPSA) is 74.7 Å². The second-order valence-corrected chi connectivity index (χ2v) is 6.91. The summed E-state index contributed by atoms with van der Waals surface area (Å²) >= 11 is 0. The van der Waals surface area contributed by atoms with Crippen molar-refractivity contribution in [2.24, 2.45) is 0 Å². The summed E-state index contributed by atoms with van der Waals surface area (Å²) in [5.74, 6) is 3.66. The molecule has 32 heavy (non-hydrogen) atoms. The van der Waals surface area contributed by atoms with Gasteiger partial charge in [-0.1, -0.05) is 12.1 Å². The van der Waals surface area contributed by atoms with Crippen molar-refractivity contribution in [1.82, 2.24) is 9.97 Å². The summed E-state index contributed by atoms with van der Waals surface area (Å²) in [6.45, 7) is 2.59. The van der Waals surface area contributed by atoms with E-state index >= 15 is 0 Å². The van der Waals surface area contributed by atoms with Crippen LogP contribution in [0.15, 0.2) is 60.7 Å². The van der Waals surface area contributed by atoms with Gasteiger partial charge in [-0.2, -0.15) is 0 Å². The Bertz CT molecular complexity index is 1200. The molecule has 164 valence electrons. The summed E-state index contributed by atoms with van der Waals surface area (Å²) in [7, 11) is 4.74. The van der Waals surface area contributed by atoms with Crippen molar-refractivity contribution in [3.63, 3.8) is 0 Å². The van der Waals surface area contributed by atoms with Crippen LogP contribution in [0.5, 0.6) is 23.0 Å². The van der Waals surface area contributed by atoms with Gasteiger partial charge in [0.1, 0.15) is 11.6 Å². The van der Waals surface area contributed by atoms with Gasteiger partial charge in [-0.3, -0.25) is 0 Å². The zero-order chi connectivity index (χ0) is 22.5. The SMILES string of the molecule is CCOc1ccc(Nc2nc(-c3cc(OC)c(OC)c(OC)c3)nc3ccccc23)cc1. The van der Waals surface area contributed by atoms with E-state index in [4.69, 9.17) is 28.9 Å². The molecular formula is C25H25N3O4. The van der Waals surface area contributed by atoms with E-state index in [2.05, 4.69) is 5.32 Å². The highest BCUT2D eigenvalue weighted by Crippen LogP contribution is 2.41. The third-order valence-corrected chi connectivity index (χ3v) is 4.95. The Labute approximate surface area is 186 Å². The standard InChI is InChI=1S/C25H25N3O4/c1-5-32-18-12-10-17(11-13-18)26-25-19-8-6-7-9-20(19)27-24(28-25)16-14-21(29-2)23(31-4)22(15-16)30-3/h6-15H,5H2,1-4H3,(H,26,27,28). The first kappa shape index (κ1) is 21.2. The predicted molar refractivity (Wildman–Crippen MR) is 126 cm³/mol. The van der Waals surface area contributed by atoms with Gasteiger partial charge in [0.05, 0.1) is 33.5 Å². The molecule has 0 amide bonds. The average molecular weight is 431 g/mol. The van der Waals surface area contributed by atoms with Gasteiger partial charge in [0.25, 0.3) is 0 Å². The van der Waals surface area contributed by atoms with Crippen LogP contribution < -0.4 is 24.3 Å². The molecule has 0 fully saturated rings. The molecule has 1 aromatic heterocycles. The molecule has 0 bridgehead atoms. The lowest BCUT2D eigenvalue weighted by Gasteiger charge is -2.15. The maximum Gasteiger partial charge on any atom is 0.203 e. The van der Waals surface area contributed by atoms with Gasteiger partial charge in [-0.15, -0.1) is 0 Å². The first-order chi connectivity index (χ1) is 15.7. The highest BCUT2D eigenvalue weighted by atomic mass is 16.5. The van der Waals surface area contributed by atoms with Crippen LogP contribution in [0, 0.1) is 0 Å². The number of aromatic nitrogens is 2. The van der Waals surface area contributed by atoms with Gasteiger partial charge in [-0.25, -0.2) is 9.97 Å². The number of methoxy groups -OCH3 is 3. The highest BCUT2D eigenvalue weighted by Gasteiger charge is 2.17. The maximum atomic E-state index is 5.53. The number of benzene rings is 3. The number of nitrogens with one attached hydrogen (secondary N) is 1. The number of para-hydroxylation sites is 1. The third kappa shape index (κ3) is 4.23. The second-order valence-electron chi connectivity index (χ2n) is 6.91. The number of hydrogen-bond acceptors (Lipinski definition) is 7. The summed E-state index contributed by atoms with van der Waals surface area (Å²) in [5.41, 5.74) is 2.47. The molecule has 0 aliphatic rings. The van der Waals surface area contributed by atoms with E-state index in [1.807, 2.05) is 67.6 Å². The molecule has 4 rings (SSSR count). The van der Waals surface area contributed by atoms with Crippen molar-refractivity contribution in [3.8, 4) is 34.4 Å². The molecule has 0 radical (unpaired) electrons. The van der Waals surface area contributed by atoms with Gasteiger partial charge < -0.3 is 24.3 Å². The zero-order valence-electron chi connectivity index (χ0n) is 18.5. The Morgan fingerprint density at radius 2 is 1.50 bits per heavy atom. The fourth-order valence-corrected chi connectivity index (χ4v) is 3.45. The summed E-state index contributed by atoms with van der Waals surface area (Å²) < 4.78 is 22.0. The molecule has 0 aliphatic carbocycles. The van der Waals surface area contributed by atoms with E-state index in [9.17, 15) is 0 Å². The number of hydrogen-bond donors (Lipinski definition) is 1. The van der Waals surface area contributed by atoms with E-state index in [0.29, 0.717) is 35.5 Å². The van der Waals surface area contributed by atoms with Crippen molar-refractivity contribution in [2.75, 3.05) is 33.3 Å². The fraction of sp³-hybridized carbons (Fsp3) is 0.200. The molecule has 4 aromatic rings. The molecule has 0 saturated carbocycles. The van der Waals surface area contributed by atoms with Gasteiger partial charge in [0.2, 0.25) is 5.75 Å². The van der Waals surface area contributed by atoms with Crippen molar-refractivity contribution < 1.29 is 18.9 Å². The number of rotatable bonds is 8. The van der Waals surface area contributed by atoms with Gasteiger partial charge in [-0.05, 0) is 55.5 Å². The molecule has 7 heteroatoms. The third-order valence-electron chi connectivity index (χ3n) is 4.95. The Hall–Kier alpha value is -4.00. The lowest BCUT2D eigenvalue weighted by molar-refractivity contribution is 0.324. The lowest BCUT2D eigenvalue weighted by Crippen LogP contribution is -2.01. The molecule has 1 heterocycles. The average Bonchev–Trinajstić information content (AvgIpc) is 2.84. The fourth-order valence-electron chi connectivity index (χ4n) is 3.45. The van der Waals surface area contributed by atoms with E-state index in [-0.39, 0.29) is 0 Å². The van der Waals surface area contributed by atoms with Crippen LogP contribution in [0.1, 0.15) is 6.92 Å². The molecule has 0 spiro atoms. The molecular weight excluding hydrogens is 406 g/mol. The van der Waals surface area contributed by atoms with Crippen molar-refractivity contribution in [3.05, 3.63) is 60.7 Å². The summed E-state index contributed by atoms with van der Waals surface area (Å²) in [5, 5.41) is 4.33. The Morgan fingerprint density at radius 3 is 2.12 bits per heavy atom. The molecule has 0 atom stereocenters. The predicted octanol–water partition coefficient (Wildman–Crippen LogP) is 5.46. The number of anilines is 2. The molecule has 0 unspecified atom stereocenters. The van der Waals surface area contributed by atoms with E-state index in [1.165, 1.54) is 0 Å². The Balaban J connectivity index is 1.80. The Morgan fingerprint density at radius 1 is 0.812 bits per heavy atom. The van der Waals surface area contributed by atoms with Crippen molar-refractivity contribution >= 4 is 22.4 Å². The molecule has 0 aliphatic heterocycles. The first-order valence-electron chi connectivity index (χ1n) is 10.2. The van der Waals surface area contributed by atoms with Crippen molar-refractivity contribution in [2.45, 2.75) is 6.92 Å². The van der Waals surface area contributed by atoms with E-state index in [1.54, 1.807) is 21.3 Å². The van der Waals surface area contributed by atoms with Crippen LogP contribution in [0.2, 0.25) is 0 Å². The lowest BCUT2D eigenvalue weighted by atomic mass is 10.1. The molecule has 0 saturated heterocycles. The van der Waals surface area contributed by atoms with Gasteiger partial charge in [0.15, 0.2) is 17.3 Å². The normalized spacial score (nSPS) is 10.6. The Kier molecular flexibility index (Phi) is 6.26. The second kappa shape index (κ2) is 9.43. The molecule has 3 aromatic carbocycles. The van der Waals surface area contributed by atoms with Gasteiger partial charge in [0, 0.05) is 16.6 Å². The van der Waals surface area contributed by atoms with Crippen LogP contribution in [0.25, 0.3) is 22.3 Å². The molecule has 7 nitrogen and oxygen atoms in total. The minimum Gasteiger partial charge on any atom is -0.494 e. The summed E-state index contributed by atoms with van der Waals surface area (Å²) in [6, 6.07) is 19.3. The van der Waals surface area contributed by atoms with Crippen LogP contribution in [0.4, 0.5) is 11.5 Å². The highest BCUT2D eigenvalue weighted by molar-refractivity contribution is 5.92.